The zero-order valence-corrected chi connectivity index (χ0v) is 46.2. The van der Waals surface area contributed by atoms with E-state index in [0.29, 0.717) is 19.3 Å². The Morgan fingerprint density at radius 1 is 0.296 bits per heavy atom. The monoisotopic (exact) mass is 985 g/mol. The summed E-state index contributed by atoms with van der Waals surface area (Å²) in [5.74, 6) is -0.908. The molecule has 1 unspecified atom stereocenters. The highest BCUT2D eigenvalue weighted by molar-refractivity contribution is 5.71. The van der Waals surface area contributed by atoms with Gasteiger partial charge in [-0.3, -0.25) is 14.4 Å². The van der Waals surface area contributed by atoms with E-state index in [-0.39, 0.29) is 31.1 Å². The van der Waals surface area contributed by atoms with E-state index >= 15 is 0 Å². The molecule has 0 fully saturated rings. The summed E-state index contributed by atoms with van der Waals surface area (Å²) in [7, 11) is 0. The van der Waals surface area contributed by atoms with Gasteiger partial charge in [0.25, 0.3) is 0 Å². The van der Waals surface area contributed by atoms with Gasteiger partial charge in [-0.25, -0.2) is 0 Å². The fourth-order valence-corrected chi connectivity index (χ4v) is 7.87. The number of unbranched alkanes of at least 4 members (excludes halogenated alkanes) is 23. The molecule has 0 aliphatic carbocycles. The quantitative estimate of drug-likeness (QED) is 0.0261. The minimum atomic E-state index is -0.786. The lowest BCUT2D eigenvalue weighted by atomic mass is 10.1. The van der Waals surface area contributed by atoms with Crippen molar-refractivity contribution >= 4 is 17.9 Å². The van der Waals surface area contributed by atoms with E-state index in [1.165, 1.54) is 83.5 Å². The van der Waals surface area contributed by atoms with E-state index in [1.807, 2.05) is 0 Å². The second-order valence-corrected chi connectivity index (χ2v) is 19.2. The summed E-state index contributed by atoms with van der Waals surface area (Å²) in [6, 6.07) is 0. The number of esters is 3. The van der Waals surface area contributed by atoms with Crippen LogP contribution in [0.25, 0.3) is 0 Å². The smallest absolute Gasteiger partial charge is 0.306 e. The number of ether oxygens (including phenoxy) is 3. The second-order valence-electron chi connectivity index (χ2n) is 19.2. The lowest BCUT2D eigenvalue weighted by molar-refractivity contribution is -0.167. The largest absolute Gasteiger partial charge is 0.462 e. The van der Waals surface area contributed by atoms with Gasteiger partial charge in [-0.1, -0.05) is 252 Å². The molecule has 0 rings (SSSR count). The van der Waals surface area contributed by atoms with E-state index in [1.54, 1.807) is 0 Å². The van der Waals surface area contributed by atoms with E-state index in [0.717, 1.165) is 141 Å². The van der Waals surface area contributed by atoms with Crippen molar-refractivity contribution in [1.82, 2.24) is 0 Å². The average Bonchev–Trinajstić information content (AvgIpc) is 3.37. The van der Waals surface area contributed by atoms with Crippen LogP contribution in [0.3, 0.4) is 0 Å². The Labute approximate surface area is 438 Å². The van der Waals surface area contributed by atoms with Crippen molar-refractivity contribution in [2.24, 2.45) is 0 Å². The topological polar surface area (TPSA) is 78.9 Å². The Morgan fingerprint density at radius 3 is 0.915 bits per heavy atom. The van der Waals surface area contributed by atoms with Gasteiger partial charge in [-0.05, 0) is 103 Å². The fraction of sp³-hybridized carbons (Fsp3) is 0.677. The zero-order chi connectivity index (χ0) is 51.4. The first kappa shape index (κ1) is 67.1. The molecular formula is C65H108O6. The predicted molar refractivity (Wildman–Crippen MR) is 307 cm³/mol. The lowest BCUT2D eigenvalue weighted by Crippen LogP contribution is -2.30. The van der Waals surface area contributed by atoms with Crippen LogP contribution in [-0.4, -0.2) is 37.2 Å². The van der Waals surface area contributed by atoms with Crippen LogP contribution in [0.1, 0.15) is 265 Å². The first-order valence-electron chi connectivity index (χ1n) is 29.4. The Hall–Kier alpha value is -3.93. The molecule has 1 atom stereocenters. The molecule has 0 aromatic carbocycles. The molecule has 0 radical (unpaired) electrons. The van der Waals surface area contributed by atoms with Crippen LogP contribution in [0.4, 0.5) is 0 Å². The van der Waals surface area contributed by atoms with E-state index < -0.39 is 6.10 Å². The summed E-state index contributed by atoms with van der Waals surface area (Å²) >= 11 is 0. The Bertz CT molecular complexity index is 1460. The van der Waals surface area contributed by atoms with Gasteiger partial charge >= 0.3 is 17.9 Å². The Balaban J connectivity index is 4.18. The van der Waals surface area contributed by atoms with Gasteiger partial charge in [-0.15, -0.1) is 0 Å². The molecule has 0 aliphatic heterocycles. The lowest BCUT2D eigenvalue weighted by Gasteiger charge is -2.18. The molecule has 0 aromatic rings. The molecular weight excluding hydrogens is 877 g/mol. The normalized spacial score (nSPS) is 12.9. The second kappa shape index (κ2) is 58.6. The molecule has 0 N–H and O–H groups in total. The van der Waals surface area contributed by atoms with Gasteiger partial charge in [0.1, 0.15) is 13.2 Å². The molecule has 0 spiro atoms. The molecule has 6 heteroatoms. The first-order chi connectivity index (χ1) is 35.0. The van der Waals surface area contributed by atoms with Crippen molar-refractivity contribution in [2.45, 2.75) is 271 Å². The maximum Gasteiger partial charge on any atom is 0.306 e. The molecule has 0 aliphatic rings. The van der Waals surface area contributed by atoms with Crippen LogP contribution >= 0.6 is 0 Å². The van der Waals surface area contributed by atoms with Crippen LogP contribution < -0.4 is 0 Å². The van der Waals surface area contributed by atoms with Crippen LogP contribution in [0.15, 0.2) is 109 Å². The van der Waals surface area contributed by atoms with Crippen molar-refractivity contribution in [2.75, 3.05) is 13.2 Å². The van der Waals surface area contributed by atoms with Gasteiger partial charge in [0.05, 0.1) is 0 Å². The number of carbonyl (C=O) groups is 3. The summed E-state index contributed by atoms with van der Waals surface area (Å²) < 4.78 is 16.8. The highest BCUT2D eigenvalue weighted by Gasteiger charge is 2.19. The zero-order valence-electron chi connectivity index (χ0n) is 46.2. The van der Waals surface area contributed by atoms with Crippen molar-refractivity contribution in [3.8, 4) is 0 Å². The number of allylic oxidation sites excluding steroid dienone is 18. The Kier molecular flexibility index (Phi) is 55.4. The molecule has 0 saturated heterocycles. The summed E-state index contributed by atoms with van der Waals surface area (Å²) in [4.78, 5) is 38.0. The number of rotatable bonds is 52. The van der Waals surface area contributed by atoms with Crippen molar-refractivity contribution < 1.29 is 28.6 Å². The standard InChI is InChI=1S/C65H108O6/c1-4-7-10-13-16-19-21-23-24-25-26-27-28-29-30-31-32-33-34-35-36-37-38-39-40-42-43-46-49-52-55-58-64(67)70-61-62(60-69-63(66)57-54-51-48-45-18-15-12-9-6-3)71-65(68)59-56-53-50-47-44-41-22-20-17-14-11-8-5-2/h7,10-11,14,16,19-20,22-24,26-27,29-30,32-33,35-36,62H,4-6,8-9,12-13,15,17-18,21,25,28,31,34,37-61H2,1-3H3/b10-7-,14-11-,19-16-,22-20-,24-23-,27-26-,30-29-,33-32-,36-35-. The van der Waals surface area contributed by atoms with Crippen molar-refractivity contribution in [1.29, 1.82) is 0 Å². The minimum absolute atomic E-state index is 0.0844. The molecule has 6 nitrogen and oxygen atoms in total. The van der Waals surface area contributed by atoms with E-state index in [4.69, 9.17) is 14.2 Å². The van der Waals surface area contributed by atoms with E-state index in [9.17, 15) is 14.4 Å². The van der Waals surface area contributed by atoms with Crippen LogP contribution in [0.2, 0.25) is 0 Å². The maximum atomic E-state index is 12.8. The van der Waals surface area contributed by atoms with Crippen molar-refractivity contribution in [3.63, 3.8) is 0 Å². The van der Waals surface area contributed by atoms with E-state index in [2.05, 4.69) is 130 Å². The molecule has 0 amide bonds. The average molecular weight is 986 g/mol. The summed E-state index contributed by atoms with van der Waals surface area (Å²) in [6.07, 6.45) is 79.5. The minimum Gasteiger partial charge on any atom is -0.462 e. The highest BCUT2D eigenvalue weighted by Crippen LogP contribution is 2.15. The first-order valence-corrected chi connectivity index (χ1v) is 29.4. The fourth-order valence-electron chi connectivity index (χ4n) is 7.87. The molecule has 0 aromatic heterocycles. The van der Waals surface area contributed by atoms with Crippen LogP contribution in [0.5, 0.6) is 0 Å². The molecule has 0 saturated carbocycles. The maximum absolute atomic E-state index is 12.8. The Morgan fingerprint density at radius 2 is 0.577 bits per heavy atom. The van der Waals surface area contributed by atoms with Crippen LogP contribution in [-0.2, 0) is 28.6 Å². The molecule has 0 heterocycles. The summed E-state index contributed by atoms with van der Waals surface area (Å²) in [5, 5.41) is 0. The van der Waals surface area contributed by atoms with Crippen LogP contribution in [0, 0.1) is 0 Å². The predicted octanol–water partition coefficient (Wildman–Crippen LogP) is 19.9. The third kappa shape index (κ3) is 56.9. The number of carbonyl (C=O) groups excluding carboxylic acids is 3. The van der Waals surface area contributed by atoms with Gasteiger partial charge in [-0.2, -0.15) is 0 Å². The van der Waals surface area contributed by atoms with Gasteiger partial charge in [0.15, 0.2) is 6.10 Å². The number of hydrogen-bond donors (Lipinski definition) is 0. The molecule has 71 heavy (non-hydrogen) atoms. The number of hydrogen-bond acceptors (Lipinski definition) is 6. The molecule has 0 bridgehead atoms. The van der Waals surface area contributed by atoms with Gasteiger partial charge < -0.3 is 14.2 Å². The van der Waals surface area contributed by atoms with Gasteiger partial charge in [0.2, 0.25) is 0 Å². The van der Waals surface area contributed by atoms with Gasteiger partial charge in [0, 0.05) is 19.3 Å². The summed E-state index contributed by atoms with van der Waals surface area (Å²) in [6.45, 7) is 6.42. The SMILES string of the molecule is CC/C=C\C/C=C\C/C=C\C/C=C\C/C=C\C/C=C\C/C=C\CCCCCCCCCCCC(=O)OCC(COC(=O)CCCCCCCCCCC)OC(=O)CCCCCCC/C=C\C/C=C\CCC. The molecule has 404 valence electrons. The third-order valence-electron chi connectivity index (χ3n) is 12.2. The van der Waals surface area contributed by atoms with Crippen molar-refractivity contribution in [3.05, 3.63) is 109 Å². The third-order valence-corrected chi connectivity index (χ3v) is 12.2. The highest BCUT2D eigenvalue weighted by atomic mass is 16.6. The summed E-state index contributed by atoms with van der Waals surface area (Å²) in [5.41, 5.74) is 0.